The summed E-state index contributed by atoms with van der Waals surface area (Å²) in [7, 11) is 0. The van der Waals surface area contributed by atoms with Crippen molar-refractivity contribution >= 4 is 0 Å². The van der Waals surface area contributed by atoms with Crippen molar-refractivity contribution in [2.45, 2.75) is 25.9 Å². The van der Waals surface area contributed by atoms with Crippen LogP contribution in [-0.4, -0.2) is 15.6 Å². The van der Waals surface area contributed by atoms with Gasteiger partial charge in [-0.1, -0.05) is 0 Å². The Morgan fingerprint density at radius 3 is 2.82 bits per heavy atom. The summed E-state index contributed by atoms with van der Waals surface area (Å²) in [5.41, 5.74) is 5.97. The highest BCUT2D eigenvalue weighted by Crippen LogP contribution is 2.24. The number of hydrogen-bond acceptors (Lipinski definition) is 4. The van der Waals surface area contributed by atoms with Gasteiger partial charge in [-0.15, -0.1) is 0 Å². The molecule has 5 heteroatoms. The van der Waals surface area contributed by atoms with Gasteiger partial charge in [-0.25, -0.2) is 4.98 Å². The number of furan rings is 1. The van der Waals surface area contributed by atoms with E-state index in [0.717, 1.165) is 11.5 Å². The molecule has 17 heavy (non-hydrogen) atoms. The van der Waals surface area contributed by atoms with E-state index in [4.69, 9.17) is 15.4 Å². The molecule has 0 aromatic carbocycles. The smallest absolute Gasteiger partial charge is 0.213 e. The molecule has 0 amide bonds. The first-order valence-corrected chi connectivity index (χ1v) is 5.38. The maximum Gasteiger partial charge on any atom is 0.213 e. The fourth-order valence-corrected chi connectivity index (χ4v) is 1.89. The Bertz CT molecular complexity index is 547. The lowest BCUT2D eigenvalue weighted by Crippen LogP contribution is -2.30. The van der Waals surface area contributed by atoms with E-state index in [1.165, 1.54) is 0 Å². The molecule has 0 saturated heterocycles. The first-order chi connectivity index (χ1) is 8.13. The molecule has 0 bridgehead atoms. The van der Waals surface area contributed by atoms with Gasteiger partial charge in [0.15, 0.2) is 0 Å². The molecule has 0 spiro atoms. The van der Waals surface area contributed by atoms with Crippen molar-refractivity contribution < 1.29 is 4.42 Å². The van der Waals surface area contributed by atoms with Crippen LogP contribution in [0.2, 0.25) is 0 Å². The van der Waals surface area contributed by atoms with Gasteiger partial charge in [-0.05, 0) is 26.0 Å². The molecular weight excluding hydrogens is 216 g/mol. The number of hydrogen-bond donors (Lipinski definition) is 1. The van der Waals surface area contributed by atoms with Gasteiger partial charge in [0.25, 0.3) is 0 Å². The lowest BCUT2D eigenvalue weighted by molar-refractivity contribution is 0.379. The Morgan fingerprint density at radius 1 is 1.53 bits per heavy atom. The Hall–Kier alpha value is -2.06. The van der Waals surface area contributed by atoms with Crippen LogP contribution in [0, 0.1) is 18.3 Å². The highest BCUT2D eigenvalue weighted by atomic mass is 16.3. The van der Waals surface area contributed by atoms with Crippen molar-refractivity contribution in [2.75, 3.05) is 0 Å². The molecule has 0 aliphatic rings. The standard InChI is InChI=1S/C12H14N4O/c1-8-3-4-10(17-8)12(9(2)14)16-6-5-15-11(16)7-13/h3-6,9,12H,14H2,1-2H3. The second-order valence-electron chi connectivity index (χ2n) is 4.02. The first kappa shape index (κ1) is 11.4. The molecule has 0 radical (unpaired) electrons. The van der Waals surface area contributed by atoms with Crippen LogP contribution in [0.1, 0.15) is 30.3 Å². The number of nitrogens with zero attached hydrogens (tertiary/aromatic N) is 3. The van der Waals surface area contributed by atoms with Crippen LogP contribution in [0.3, 0.4) is 0 Å². The minimum atomic E-state index is -0.208. The summed E-state index contributed by atoms with van der Waals surface area (Å²) in [5.74, 6) is 1.90. The van der Waals surface area contributed by atoms with Gasteiger partial charge in [-0.3, -0.25) is 0 Å². The predicted molar refractivity (Wildman–Crippen MR) is 62.2 cm³/mol. The van der Waals surface area contributed by atoms with E-state index in [1.807, 2.05) is 32.0 Å². The third-order valence-corrected chi connectivity index (χ3v) is 2.62. The highest BCUT2D eigenvalue weighted by molar-refractivity contribution is 5.19. The summed E-state index contributed by atoms with van der Waals surface area (Å²) < 4.78 is 7.33. The predicted octanol–water partition coefficient (Wildman–Crippen LogP) is 1.59. The van der Waals surface area contributed by atoms with Crippen molar-refractivity contribution in [3.63, 3.8) is 0 Å². The molecule has 5 nitrogen and oxygen atoms in total. The lowest BCUT2D eigenvalue weighted by atomic mass is 10.1. The number of rotatable bonds is 3. The van der Waals surface area contributed by atoms with E-state index < -0.39 is 0 Å². The number of aromatic nitrogens is 2. The van der Waals surface area contributed by atoms with Crippen LogP contribution in [0.4, 0.5) is 0 Å². The van der Waals surface area contributed by atoms with Gasteiger partial charge < -0.3 is 14.7 Å². The fraction of sp³-hybridized carbons (Fsp3) is 0.333. The molecule has 2 aromatic heterocycles. The molecule has 2 atom stereocenters. The molecule has 2 rings (SSSR count). The monoisotopic (exact) mass is 230 g/mol. The second-order valence-corrected chi connectivity index (χ2v) is 4.02. The molecule has 2 N–H and O–H groups in total. The molecule has 0 aliphatic heterocycles. The van der Waals surface area contributed by atoms with Crippen molar-refractivity contribution in [1.29, 1.82) is 5.26 Å². The minimum absolute atomic E-state index is 0.179. The molecule has 0 aliphatic carbocycles. The third-order valence-electron chi connectivity index (χ3n) is 2.62. The van der Waals surface area contributed by atoms with E-state index in [1.54, 1.807) is 17.0 Å². The topological polar surface area (TPSA) is 80.8 Å². The maximum atomic E-state index is 8.99. The van der Waals surface area contributed by atoms with Gasteiger partial charge >= 0.3 is 0 Å². The van der Waals surface area contributed by atoms with Crippen molar-refractivity contribution in [3.8, 4) is 6.07 Å². The van der Waals surface area contributed by atoms with E-state index >= 15 is 0 Å². The summed E-state index contributed by atoms with van der Waals surface area (Å²) in [6.07, 6.45) is 3.33. The van der Waals surface area contributed by atoms with Gasteiger partial charge in [0.1, 0.15) is 23.6 Å². The SMILES string of the molecule is Cc1ccc(C(C(C)N)n2ccnc2C#N)o1. The van der Waals surface area contributed by atoms with Crippen LogP contribution in [0.15, 0.2) is 28.9 Å². The zero-order chi connectivity index (χ0) is 12.4. The van der Waals surface area contributed by atoms with Crippen molar-refractivity contribution in [1.82, 2.24) is 9.55 Å². The van der Waals surface area contributed by atoms with E-state index in [-0.39, 0.29) is 12.1 Å². The van der Waals surface area contributed by atoms with E-state index in [0.29, 0.717) is 5.82 Å². The normalized spacial score (nSPS) is 14.2. The second kappa shape index (κ2) is 4.44. The van der Waals surface area contributed by atoms with Crippen LogP contribution in [-0.2, 0) is 0 Å². The highest BCUT2D eigenvalue weighted by Gasteiger charge is 2.23. The average Bonchev–Trinajstić information content (AvgIpc) is 2.88. The number of imidazole rings is 1. The fourth-order valence-electron chi connectivity index (χ4n) is 1.89. The molecule has 88 valence electrons. The third kappa shape index (κ3) is 2.08. The number of aryl methyl sites for hydroxylation is 1. The van der Waals surface area contributed by atoms with Crippen molar-refractivity contribution in [3.05, 3.63) is 41.9 Å². The molecule has 0 saturated carbocycles. The minimum Gasteiger partial charge on any atom is -0.464 e. The first-order valence-electron chi connectivity index (χ1n) is 5.38. The van der Waals surface area contributed by atoms with E-state index in [2.05, 4.69) is 4.98 Å². The van der Waals surface area contributed by atoms with Gasteiger partial charge in [0.2, 0.25) is 5.82 Å². The Morgan fingerprint density at radius 2 is 2.29 bits per heavy atom. The summed E-state index contributed by atoms with van der Waals surface area (Å²) >= 11 is 0. The number of nitriles is 1. The van der Waals surface area contributed by atoms with Gasteiger partial charge in [-0.2, -0.15) is 5.26 Å². The molecule has 2 aromatic rings. The van der Waals surface area contributed by atoms with Crippen LogP contribution in [0.25, 0.3) is 0 Å². The molecule has 2 heterocycles. The summed E-state index contributed by atoms with van der Waals surface area (Å²) in [6.45, 7) is 3.75. The lowest BCUT2D eigenvalue weighted by Gasteiger charge is -2.20. The maximum absolute atomic E-state index is 8.99. The zero-order valence-corrected chi connectivity index (χ0v) is 9.79. The summed E-state index contributed by atoms with van der Waals surface area (Å²) in [6, 6.07) is 5.42. The van der Waals surface area contributed by atoms with Gasteiger partial charge in [0, 0.05) is 18.4 Å². The zero-order valence-electron chi connectivity index (χ0n) is 9.79. The Labute approximate surface area is 99.5 Å². The molecular formula is C12H14N4O. The summed E-state index contributed by atoms with van der Waals surface area (Å²) in [4.78, 5) is 3.97. The van der Waals surface area contributed by atoms with Crippen LogP contribution >= 0.6 is 0 Å². The molecule has 0 fully saturated rings. The Balaban J connectivity index is 2.47. The number of nitrogens with two attached hydrogens (primary N) is 1. The van der Waals surface area contributed by atoms with Crippen molar-refractivity contribution in [2.24, 2.45) is 5.73 Å². The Kier molecular flexibility index (Phi) is 2.98. The average molecular weight is 230 g/mol. The van der Waals surface area contributed by atoms with Crippen LogP contribution in [0.5, 0.6) is 0 Å². The van der Waals surface area contributed by atoms with Gasteiger partial charge in [0.05, 0.1) is 0 Å². The van der Waals surface area contributed by atoms with E-state index in [9.17, 15) is 0 Å². The summed E-state index contributed by atoms with van der Waals surface area (Å²) in [5, 5.41) is 8.99. The largest absolute Gasteiger partial charge is 0.464 e. The molecule has 2 unspecified atom stereocenters. The van der Waals surface area contributed by atoms with Crippen LogP contribution < -0.4 is 5.73 Å². The quantitative estimate of drug-likeness (QED) is 0.868.